The van der Waals surface area contributed by atoms with Crippen LogP contribution in [0.3, 0.4) is 0 Å². The van der Waals surface area contributed by atoms with Crippen LogP contribution in [0.5, 0.6) is 0 Å². The van der Waals surface area contributed by atoms with Gasteiger partial charge in [0.05, 0.1) is 11.7 Å². The Balaban J connectivity index is 0.00000104. The maximum absolute atomic E-state index is 13.9. The number of carboxylic acids is 1. The van der Waals surface area contributed by atoms with E-state index in [1.165, 1.54) is 38.8 Å². The van der Waals surface area contributed by atoms with Gasteiger partial charge in [-0.2, -0.15) is 13.2 Å². The van der Waals surface area contributed by atoms with Crippen molar-refractivity contribution < 1.29 is 32.5 Å². The van der Waals surface area contributed by atoms with Gasteiger partial charge < -0.3 is 19.5 Å². The van der Waals surface area contributed by atoms with Crippen LogP contribution >= 0.6 is 0 Å². The maximum atomic E-state index is 13.9. The third kappa shape index (κ3) is 18.4. The molecule has 0 radical (unpaired) electrons. The molecule has 1 atom stereocenters. The van der Waals surface area contributed by atoms with E-state index in [4.69, 9.17) is 9.84 Å². The van der Waals surface area contributed by atoms with Crippen LogP contribution in [-0.4, -0.2) is 63.6 Å². The molecule has 1 N–H and O–H groups in total. The smallest absolute Gasteiger partial charge is 0.416 e. The average Bonchev–Trinajstić information content (AvgIpc) is 3.90. The zero-order valence-corrected chi connectivity index (χ0v) is 31.7. The van der Waals surface area contributed by atoms with Crippen LogP contribution in [0.1, 0.15) is 103 Å². The van der Waals surface area contributed by atoms with Crippen molar-refractivity contribution in [2.45, 2.75) is 98.8 Å². The highest BCUT2D eigenvalue weighted by atomic mass is 19.4. The maximum Gasteiger partial charge on any atom is 0.416 e. The van der Waals surface area contributed by atoms with Gasteiger partial charge in [0, 0.05) is 27.8 Å². The van der Waals surface area contributed by atoms with Gasteiger partial charge in [0.2, 0.25) is 0 Å². The number of ether oxygens (including phenoxy) is 2. The summed E-state index contributed by atoms with van der Waals surface area (Å²) in [6.45, 7) is 17.4. The molecule has 0 aromatic heterocycles. The number of hydrogen-bond donors (Lipinski definition) is 1. The van der Waals surface area contributed by atoms with E-state index in [2.05, 4.69) is 30.2 Å². The predicted octanol–water partition coefficient (Wildman–Crippen LogP) is 11.1. The lowest BCUT2D eigenvalue weighted by Gasteiger charge is -2.24. The van der Waals surface area contributed by atoms with Gasteiger partial charge in [0.15, 0.2) is 0 Å². The molecule has 1 aliphatic carbocycles. The molecule has 2 aromatic rings. The largest absolute Gasteiger partial charge is 0.481 e. The highest BCUT2D eigenvalue weighted by Crippen LogP contribution is 2.40. The SMILES string of the molecule is C=C(/C(C(Cc1ccccc1C(CC)OC)=C(C)C)=C(/C)c1ccccc1)C(F)(F)F.CCC(=O)O.CCCN(C)CCC1CC1.COC. The van der Waals surface area contributed by atoms with Crippen LogP contribution in [0, 0.1) is 5.92 Å². The van der Waals surface area contributed by atoms with Gasteiger partial charge in [-0.05, 0) is 106 Å². The Morgan fingerprint density at radius 3 is 1.92 bits per heavy atom. The Labute approximate surface area is 294 Å². The highest BCUT2D eigenvalue weighted by Gasteiger charge is 2.36. The number of carbonyl (C=O) groups is 1. The van der Waals surface area contributed by atoms with E-state index >= 15 is 0 Å². The Morgan fingerprint density at radius 2 is 1.49 bits per heavy atom. The van der Waals surface area contributed by atoms with Gasteiger partial charge in [-0.15, -0.1) is 0 Å². The first kappa shape index (κ1) is 45.8. The Kier molecular flexibility index (Phi) is 23.2. The van der Waals surface area contributed by atoms with Crippen molar-refractivity contribution in [3.8, 4) is 0 Å². The van der Waals surface area contributed by atoms with Crippen LogP contribution in [0.4, 0.5) is 13.2 Å². The number of carboxylic acid groups (broad SMARTS) is 1. The van der Waals surface area contributed by atoms with Crippen molar-refractivity contribution in [1.82, 2.24) is 4.90 Å². The molecule has 3 rings (SSSR count). The quantitative estimate of drug-likeness (QED) is 0.200. The van der Waals surface area contributed by atoms with Crippen molar-refractivity contribution in [2.75, 3.05) is 41.5 Å². The molecule has 2 aromatic carbocycles. The fourth-order valence-corrected chi connectivity index (χ4v) is 5.14. The van der Waals surface area contributed by atoms with E-state index in [9.17, 15) is 18.0 Å². The number of methoxy groups -OCH3 is 2. The first-order chi connectivity index (χ1) is 23.1. The summed E-state index contributed by atoms with van der Waals surface area (Å²) >= 11 is 0. The van der Waals surface area contributed by atoms with Crippen molar-refractivity contribution in [2.24, 2.45) is 5.92 Å². The number of aliphatic carboxylic acids is 1. The third-order valence-corrected chi connectivity index (χ3v) is 8.08. The van der Waals surface area contributed by atoms with Gasteiger partial charge in [-0.25, -0.2) is 0 Å². The summed E-state index contributed by atoms with van der Waals surface area (Å²) in [4.78, 5) is 11.8. The molecular formula is C41H62F3NO4. The molecule has 5 nitrogen and oxygen atoms in total. The fourth-order valence-electron chi connectivity index (χ4n) is 5.14. The first-order valence-electron chi connectivity index (χ1n) is 17.2. The van der Waals surface area contributed by atoms with E-state index in [1.807, 2.05) is 75.4 Å². The number of alkyl halides is 3. The lowest BCUT2D eigenvalue weighted by Crippen LogP contribution is -2.20. The van der Waals surface area contributed by atoms with Gasteiger partial charge >= 0.3 is 12.1 Å². The lowest BCUT2D eigenvalue weighted by molar-refractivity contribution is -0.136. The van der Waals surface area contributed by atoms with E-state index in [0.29, 0.717) is 17.6 Å². The first-order valence-corrected chi connectivity index (χ1v) is 17.2. The molecule has 0 bridgehead atoms. The van der Waals surface area contributed by atoms with Crippen molar-refractivity contribution in [1.29, 1.82) is 0 Å². The minimum atomic E-state index is -4.52. The molecule has 8 heteroatoms. The summed E-state index contributed by atoms with van der Waals surface area (Å²) in [5.41, 5.74) is 4.09. The molecular weight excluding hydrogens is 627 g/mol. The Morgan fingerprint density at radius 1 is 0.959 bits per heavy atom. The number of allylic oxidation sites excluding steroid dienone is 5. The summed E-state index contributed by atoms with van der Waals surface area (Å²) in [5.74, 6) is 0.351. The zero-order valence-electron chi connectivity index (χ0n) is 31.7. The molecule has 1 unspecified atom stereocenters. The van der Waals surface area contributed by atoms with Gasteiger partial charge in [0.25, 0.3) is 0 Å². The van der Waals surface area contributed by atoms with Crippen molar-refractivity contribution in [3.05, 3.63) is 100 Å². The normalized spacial score (nSPS) is 13.3. The van der Waals surface area contributed by atoms with Crippen LogP contribution in [0.2, 0.25) is 0 Å². The summed E-state index contributed by atoms with van der Waals surface area (Å²) in [7, 11) is 7.13. The van der Waals surface area contributed by atoms with Gasteiger partial charge in [0.1, 0.15) is 0 Å². The van der Waals surface area contributed by atoms with E-state index in [0.717, 1.165) is 34.6 Å². The van der Waals surface area contributed by atoms with Gasteiger partial charge in [-0.1, -0.05) is 100 Å². The second-order valence-corrected chi connectivity index (χ2v) is 12.5. The van der Waals surface area contributed by atoms with Crippen molar-refractivity contribution in [3.63, 3.8) is 0 Å². The molecule has 0 saturated heterocycles. The van der Waals surface area contributed by atoms with Crippen LogP contribution in [0.25, 0.3) is 5.57 Å². The number of benzene rings is 2. The Hall–Kier alpha value is -3.20. The minimum Gasteiger partial charge on any atom is -0.481 e. The molecule has 49 heavy (non-hydrogen) atoms. The summed E-state index contributed by atoms with van der Waals surface area (Å²) in [5, 5.41) is 7.72. The number of halogens is 3. The summed E-state index contributed by atoms with van der Waals surface area (Å²) < 4.78 is 51.5. The highest BCUT2D eigenvalue weighted by molar-refractivity contribution is 5.76. The summed E-state index contributed by atoms with van der Waals surface area (Å²) in [6, 6.07) is 17.0. The number of hydrogen-bond acceptors (Lipinski definition) is 4. The molecule has 1 aliphatic rings. The fraction of sp³-hybridized carbons (Fsp3) is 0.537. The molecule has 1 fully saturated rings. The molecule has 276 valence electrons. The summed E-state index contributed by atoms with van der Waals surface area (Å²) in [6.07, 6.45) is 2.47. The molecule has 1 saturated carbocycles. The molecule has 0 amide bonds. The second-order valence-electron chi connectivity index (χ2n) is 12.5. The predicted molar refractivity (Wildman–Crippen MR) is 199 cm³/mol. The lowest BCUT2D eigenvalue weighted by atomic mass is 9.83. The zero-order chi connectivity index (χ0) is 37.6. The molecule has 0 heterocycles. The topological polar surface area (TPSA) is 59.0 Å². The van der Waals surface area contributed by atoms with Crippen LogP contribution in [-0.2, 0) is 20.7 Å². The minimum absolute atomic E-state index is 0.108. The second kappa shape index (κ2) is 24.9. The average molecular weight is 690 g/mol. The van der Waals surface area contributed by atoms with Crippen LogP contribution in [0.15, 0.2) is 83.5 Å². The molecule has 0 spiro atoms. The third-order valence-electron chi connectivity index (χ3n) is 8.08. The van der Waals surface area contributed by atoms with Crippen LogP contribution < -0.4 is 0 Å². The standard InChI is InChI=1S/C27H31F3O.C9H19N.C3H6O2.C2H6O/c1-7-25(31-6)23-16-12-11-15-22(23)17-24(18(2)3)26(20(5)27(28,29)30)19(4)21-13-9-8-10-14-21;1-3-7-10(2)8-6-9-4-5-9;1-2-3(4)5;1-3-2/h8-16,25H,5,7,17H2,1-4,6H3;9H,3-8H2,1-2H3;2H2,1H3,(H,4,5);1-2H3/b26-19+;;;. The van der Waals surface area contributed by atoms with E-state index in [-0.39, 0.29) is 18.1 Å². The van der Waals surface area contributed by atoms with E-state index < -0.39 is 17.7 Å². The number of nitrogens with zero attached hydrogens (tertiary/aromatic N) is 1. The monoisotopic (exact) mass is 689 g/mol. The van der Waals surface area contributed by atoms with E-state index in [1.54, 1.807) is 35.2 Å². The molecule has 0 aliphatic heterocycles. The van der Waals surface area contributed by atoms with Crippen molar-refractivity contribution >= 4 is 11.5 Å². The number of rotatable bonds is 14. The van der Waals surface area contributed by atoms with Gasteiger partial charge in [-0.3, -0.25) is 4.79 Å². The Bertz CT molecular complexity index is 1290.